The lowest BCUT2D eigenvalue weighted by Gasteiger charge is -2.19. The SMILES string of the molecule is CCC(NCc1ccccc1NC(=O)C=NO)c1ccc(F)cc1. The minimum Gasteiger partial charge on any atom is -0.411 e. The highest BCUT2D eigenvalue weighted by Crippen LogP contribution is 2.20. The lowest BCUT2D eigenvalue weighted by Crippen LogP contribution is -2.22. The van der Waals surface area contributed by atoms with Crippen LogP contribution in [0.1, 0.15) is 30.5 Å². The van der Waals surface area contributed by atoms with Gasteiger partial charge in [-0.05, 0) is 35.7 Å². The zero-order chi connectivity index (χ0) is 17.4. The molecule has 1 unspecified atom stereocenters. The molecule has 0 aliphatic carbocycles. The topological polar surface area (TPSA) is 73.7 Å². The van der Waals surface area contributed by atoms with Crippen LogP contribution in [-0.2, 0) is 11.3 Å². The molecule has 2 aromatic carbocycles. The van der Waals surface area contributed by atoms with Crippen LogP contribution in [0.25, 0.3) is 0 Å². The van der Waals surface area contributed by atoms with Gasteiger partial charge in [-0.15, -0.1) is 0 Å². The van der Waals surface area contributed by atoms with Gasteiger partial charge < -0.3 is 15.8 Å². The van der Waals surface area contributed by atoms with Gasteiger partial charge in [0.25, 0.3) is 5.91 Å². The van der Waals surface area contributed by atoms with Gasteiger partial charge in [0.1, 0.15) is 12.0 Å². The summed E-state index contributed by atoms with van der Waals surface area (Å²) >= 11 is 0. The van der Waals surface area contributed by atoms with Crippen LogP contribution in [0, 0.1) is 5.82 Å². The van der Waals surface area contributed by atoms with E-state index in [1.807, 2.05) is 25.1 Å². The van der Waals surface area contributed by atoms with Gasteiger partial charge in [-0.2, -0.15) is 0 Å². The predicted molar refractivity (Wildman–Crippen MR) is 91.6 cm³/mol. The zero-order valence-corrected chi connectivity index (χ0v) is 13.4. The Kier molecular flexibility index (Phi) is 6.45. The lowest BCUT2D eigenvalue weighted by atomic mass is 10.0. The first-order valence-corrected chi connectivity index (χ1v) is 7.69. The molecule has 24 heavy (non-hydrogen) atoms. The predicted octanol–water partition coefficient (Wildman–Crippen LogP) is 3.47. The van der Waals surface area contributed by atoms with Gasteiger partial charge in [-0.25, -0.2) is 4.39 Å². The fourth-order valence-electron chi connectivity index (χ4n) is 2.44. The molecule has 2 rings (SSSR count). The Bertz CT molecular complexity index is 702. The number of nitrogens with zero attached hydrogens (tertiary/aromatic N) is 1. The molecule has 0 spiro atoms. The molecule has 0 fully saturated rings. The molecule has 2 aromatic rings. The van der Waals surface area contributed by atoms with Crippen LogP contribution in [0.15, 0.2) is 53.7 Å². The van der Waals surface area contributed by atoms with Gasteiger partial charge in [-0.3, -0.25) is 4.79 Å². The van der Waals surface area contributed by atoms with Crippen LogP contribution in [0.3, 0.4) is 0 Å². The van der Waals surface area contributed by atoms with Gasteiger partial charge in [0.15, 0.2) is 0 Å². The number of hydrogen-bond donors (Lipinski definition) is 3. The molecule has 3 N–H and O–H groups in total. The highest BCUT2D eigenvalue weighted by molar-refractivity contribution is 6.31. The van der Waals surface area contributed by atoms with E-state index in [-0.39, 0.29) is 11.9 Å². The average molecular weight is 329 g/mol. The van der Waals surface area contributed by atoms with Gasteiger partial charge >= 0.3 is 0 Å². The Balaban J connectivity index is 2.07. The van der Waals surface area contributed by atoms with Crippen LogP contribution in [-0.4, -0.2) is 17.3 Å². The van der Waals surface area contributed by atoms with E-state index in [2.05, 4.69) is 15.8 Å². The van der Waals surface area contributed by atoms with Crippen molar-refractivity contribution in [2.45, 2.75) is 25.9 Å². The number of amides is 1. The Hall–Kier alpha value is -2.73. The largest absolute Gasteiger partial charge is 0.411 e. The summed E-state index contributed by atoms with van der Waals surface area (Å²) in [6.07, 6.45) is 1.65. The van der Waals surface area contributed by atoms with Crippen molar-refractivity contribution in [1.82, 2.24) is 5.32 Å². The van der Waals surface area contributed by atoms with Gasteiger partial charge in [-0.1, -0.05) is 42.4 Å². The van der Waals surface area contributed by atoms with Crippen LogP contribution in [0.5, 0.6) is 0 Å². The van der Waals surface area contributed by atoms with E-state index >= 15 is 0 Å². The Morgan fingerprint density at radius 1 is 1.25 bits per heavy atom. The lowest BCUT2D eigenvalue weighted by molar-refractivity contribution is -0.110. The molecule has 1 atom stereocenters. The molecule has 126 valence electrons. The fraction of sp³-hybridized carbons (Fsp3) is 0.222. The second-order valence-electron chi connectivity index (χ2n) is 5.28. The van der Waals surface area contributed by atoms with Crippen molar-refractivity contribution in [1.29, 1.82) is 0 Å². The minimum atomic E-state index is -0.504. The number of rotatable bonds is 7. The van der Waals surface area contributed by atoms with Crippen LogP contribution >= 0.6 is 0 Å². The standard InChI is InChI=1S/C18H20FN3O2/c1-2-16(13-7-9-15(19)10-8-13)20-11-14-5-3-4-6-17(14)22-18(23)12-21-24/h3-10,12,16,20,24H,2,11H2,1H3,(H,22,23). The zero-order valence-electron chi connectivity index (χ0n) is 13.4. The summed E-state index contributed by atoms with van der Waals surface area (Å²) in [6, 6.07) is 13.9. The normalized spacial score (nSPS) is 12.2. The first kappa shape index (κ1) is 17.6. The maximum absolute atomic E-state index is 13.1. The maximum Gasteiger partial charge on any atom is 0.270 e. The summed E-state index contributed by atoms with van der Waals surface area (Å²) in [6.45, 7) is 2.58. The number of carbonyl (C=O) groups excluding carboxylic acids is 1. The average Bonchev–Trinajstić information content (AvgIpc) is 2.58. The van der Waals surface area contributed by atoms with Crippen molar-refractivity contribution in [3.8, 4) is 0 Å². The number of para-hydroxylation sites is 1. The molecule has 0 aliphatic rings. The molecule has 0 aliphatic heterocycles. The summed E-state index contributed by atoms with van der Waals surface area (Å²) in [4.78, 5) is 11.5. The van der Waals surface area contributed by atoms with Crippen LogP contribution in [0.2, 0.25) is 0 Å². The van der Waals surface area contributed by atoms with Gasteiger partial charge in [0.2, 0.25) is 0 Å². The maximum atomic E-state index is 13.1. The van der Waals surface area contributed by atoms with Crippen LogP contribution in [0.4, 0.5) is 10.1 Å². The first-order valence-electron chi connectivity index (χ1n) is 7.69. The highest BCUT2D eigenvalue weighted by atomic mass is 19.1. The summed E-state index contributed by atoms with van der Waals surface area (Å²) in [7, 11) is 0. The number of benzene rings is 2. The van der Waals surface area contributed by atoms with E-state index in [9.17, 15) is 9.18 Å². The number of nitrogens with one attached hydrogen (secondary N) is 2. The van der Waals surface area contributed by atoms with Gasteiger partial charge in [0.05, 0.1) is 0 Å². The fourth-order valence-corrected chi connectivity index (χ4v) is 2.44. The van der Waals surface area contributed by atoms with Crippen molar-refractivity contribution in [3.05, 3.63) is 65.5 Å². The van der Waals surface area contributed by atoms with E-state index in [1.54, 1.807) is 18.2 Å². The molecule has 0 radical (unpaired) electrons. The second kappa shape index (κ2) is 8.79. The number of carbonyl (C=O) groups is 1. The Morgan fingerprint density at radius 2 is 1.96 bits per heavy atom. The third kappa shape index (κ3) is 4.89. The number of hydrogen-bond acceptors (Lipinski definition) is 4. The number of oxime groups is 1. The highest BCUT2D eigenvalue weighted by Gasteiger charge is 2.11. The van der Waals surface area contributed by atoms with E-state index in [0.29, 0.717) is 12.2 Å². The molecule has 5 nitrogen and oxygen atoms in total. The third-order valence-electron chi connectivity index (χ3n) is 3.67. The third-order valence-corrected chi connectivity index (χ3v) is 3.67. The van der Waals surface area contributed by atoms with E-state index < -0.39 is 5.91 Å². The summed E-state index contributed by atoms with van der Waals surface area (Å²) in [5.41, 5.74) is 2.55. The molecule has 0 bridgehead atoms. The van der Waals surface area contributed by atoms with Gasteiger partial charge in [0, 0.05) is 18.3 Å². The molecule has 6 heteroatoms. The van der Waals surface area contributed by atoms with Crippen molar-refractivity contribution in [3.63, 3.8) is 0 Å². The molecule has 0 aromatic heterocycles. The van der Waals surface area contributed by atoms with E-state index in [0.717, 1.165) is 23.8 Å². The van der Waals surface area contributed by atoms with E-state index in [4.69, 9.17) is 5.21 Å². The first-order chi connectivity index (χ1) is 11.6. The molecule has 0 saturated carbocycles. The molecule has 0 saturated heterocycles. The quantitative estimate of drug-likeness (QED) is 0.414. The monoisotopic (exact) mass is 329 g/mol. The molecule has 1 amide bonds. The Labute approximate surface area is 140 Å². The van der Waals surface area contributed by atoms with Crippen molar-refractivity contribution >= 4 is 17.8 Å². The number of anilines is 1. The number of halogens is 1. The molecular formula is C18H20FN3O2. The van der Waals surface area contributed by atoms with Crippen molar-refractivity contribution < 1.29 is 14.4 Å². The summed E-state index contributed by atoms with van der Waals surface area (Å²) < 4.78 is 13.1. The summed E-state index contributed by atoms with van der Waals surface area (Å²) in [5, 5.41) is 17.2. The smallest absolute Gasteiger partial charge is 0.270 e. The molecule has 0 heterocycles. The van der Waals surface area contributed by atoms with Crippen molar-refractivity contribution in [2.75, 3.05) is 5.32 Å². The van der Waals surface area contributed by atoms with E-state index in [1.165, 1.54) is 12.1 Å². The summed E-state index contributed by atoms with van der Waals surface area (Å²) in [5.74, 6) is -0.761. The minimum absolute atomic E-state index is 0.0772. The van der Waals surface area contributed by atoms with Crippen LogP contribution < -0.4 is 10.6 Å². The second-order valence-corrected chi connectivity index (χ2v) is 5.28. The Morgan fingerprint density at radius 3 is 2.62 bits per heavy atom. The molecular weight excluding hydrogens is 309 g/mol. The van der Waals surface area contributed by atoms with Crippen molar-refractivity contribution in [2.24, 2.45) is 5.16 Å².